The van der Waals surface area contributed by atoms with E-state index < -0.39 is 0 Å². The predicted octanol–water partition coefficient (Wildman–Crippen LogP) is 4.00. The van der Waals surface area contributed by atoms with E-state index in [-0.39, 0.29) is 0 Å². The molecule has 0 bridgehead atoms. The van der Waals surface area contributed by atoms with Gasteiger partial charge in [-0.15, -0.1) is 0 Å². The highest BCUT2D eigenvalue weighted by Crippen LogP contribution is 2.51. The Hall–Kier alpha value is -0.570. The normalized spacial score (nSPS) is 17.6. The summed E-state index contributed by atoms with van der Waals surface area (Å²) in [6.07, 6.45) is 4.56. The largest absolute Gasteiger partial charge is 0.369 e. The van der Waals surface area contributed by atoms with Gasteiger partial charge >= 0.3 is 0 Å². The van der Waals surface area contributed by atoms with Crippen molar-refractivity contribution in [3.05, 3.63) is 22.3 Å². The fourth-order valence-electron chi connectivity index (χ4n) is 2.04. The van der Waals surface area contributed by atoms with Crippen molar-refractivity contribution in [2.45, 2.75) is 33.6 Å². The Bertz CT molecular complexity index is 384. The molecule has 0 radical (unpaired) electrons. The molecule has 2 nitrogen and oxygen atoms in total. The SMILES string of the molecule is Cc1ccnc(NCC2(C(C)C)CC2)c1Br. The lowest BCUT2D eigenvalue weighted by atomic mass is 9.92. The van der Waals surface area contributed by atoms with Crippen LogP contribution in [-0.4, -0.2) is 11.5 Å². The summed E-state index contributed by atoms with van der Waals surface area (Å²) in [5, 5.41) is 3.48. The third-order valence-corrected chi connectivity index (χ3v) is 4.81. The topological polar surface area (TPSA) is 24.9 Å². The second-order valence-corrected chi connectivity index (χ2v) is 5.95. The molecule has 1 heterocycles. The second-order valence-electron chi connectivity index (χ2n) is 5.16. The molecule has 0 atom stereocenters. The van der Waals surface area contributed by atoms with E-state index in [2.05, 4.69) is 47.0 Å². The van der Waals surface area contributed by atoms with Gasteiger partial charge in [-0.05, 0) is 58.7 Å². The third kappa shape index (κ3) is 2.24. The summed E-state index contributed by atoms with van der Waals surface area (Å²) >= 11 is 3.58. The third-order valence-electron chi connectivity index (χ3n) is 3.81. The number of rotatable bonds is 4. The summed E-state index contributed by atoms with van der Waals surface area (Å²) in [7, 11) is 0. The quantitative estimate of drug-likeness (QED) is 0.903. The van der Waals surface area contributed by atoms with Crippen LogP contribution in [0.25, 0.3) is 0 Å². The molecule has 0 amide bonds. The Labute approximate surface area is 106 Å². The summed E-state index contributed by atoms with van der Waals surface area (Å²) in [5.41, 5.74) is 1.75. The van der Waals surface area contributed by atoms with Crippen LogP contribution in [0.4, 0.5) is 5.82 Å². The Balaban J connectivity index is 2.03. The standard InChI is InChI=1S/C13H19BrN2/c1-9(2)13(5-6-13)8-16-12-11(14)10(3)4-7-15-12/h4,7,9H,5-6,8H2,1-3H3,(H,15,16). The van der Waals surface area contributed by atoms with Crippen LogP contribution in [0.3, 0.4) is 0 Å². The van der Waals surface area contributed by atoms with Gasteiger partial charge in [0.25, 0.3) is 0 Å². The van der Waals surface area contributed by atoms with Gasteiger partial charge in [0.2, 0.25) is 0 Å². The summed E-state index contributed by atoms with van der Waals surface area (Å²) in [4.78, 5) is 4.37. The van der Waals surface area contributed by atoms with Crippen LogP contribution in [0.15, 0.2) is 16.7 Å². The Kier molecular flexibility index (Phi) is 3.24. The van der Waals surface area contributed by atoms with Crippen molar-refractivity contribution in [1.29, 1.82) is 0 Å². The molecule has 0 saturated heterocycles. The number of halogens is 1. The molecule has 3 heteroatoms. The first-order chi connectivity index (χ1) is 7.55. The van der Waals surface area contributed by atoms with Gasteiger partial charge in [-0.1, -0.05) is 13.8 Å². The van der Waals surface area contributed by atoms with Crippen molar-refractivity contribution in [3.8, 4) is 0 Å². The Morgan fingerprint density at radius 1 is 1.50 bits per heavy atom. The number of hydrogen-bond acceptors (Lipinski definition) is 2. The van der Waals surface area contributed by atoms with Gasteiger partial charge in [0, 0.05) is 12.7 Å². The molecule has 16 heavy (non-hydrogen) atoms. The molecule has 2 rings (SSSR count). The predicted molar refractivity (Wildman–Crippen MR) is 71.7 cm³/mol. The van der Waals surface area contributed by atoms with Gasteiger partial charge < -0.3 is 5.32 Å². The molecule has 88 valence electrons. The molecular formula is C13H19BrN2. The average molecular weight is 283 g/mol. The minimum atomic E-state index is 0.519. The molecule has 0 aromatic carbocycles. The first kappa shape index (κ1) is 11.9. The number of nitrogens with one attached hydrogen (secondary N) is 1. The Morgan fingerprint density at radius 3 is 2.75 bits per heavy atom. The van der Waals surface area contributed by atoms with Crippen LogP contribution in [0, 0.1) is 18.3 Å². The van der Waals surface area contributed by atoms with Crippen LogP contribution in [0.2, 0.25) is 0 Å². The van der Waals surface area contributed by atoms with Crippen LogP contribution in [0.1, 0.15) is 32.3 Å². The highest BCUT2D eigenvalue weighted by atomic mass is 79.9. The lowest BCUT2D eigenvalue weighted by Crippen LogP contribution is -2.21. The Morgan fingerprint density at radius 2 is 2.19 bits per heavy atom. The number of nitrogens with zero attached hydrogens (tertiary/aromatic N) is 1. The highest BCUT2D eigenvalue weighted by molar-refractivity contribution is 9.10. The zero-order valence-electron chi connectivity index (χ0n) is 10.2. The summed E-state index contributed by atoms with van der Waals surface area (Å²) < 4.78 is 1.09. The van der Waals surface area contributed by atoms with Gasteiger partial charge in [-0.25, -0.2) is 4.98 Å². The number of hydrogen-bond donors (Lipinski definition) is 1. The molecule has 1 saturated carbocycles. The molecule has 1 aliphatic rings. The van der Waals surface area contributed by atoms with Gasteiger partial charge in [-0.3, -0.25) is 0 Å². The first-order valence-electron chi connectivity index (χ1n) is 5.90. The molecule has 0 aliphatic heterocycles. The maximum absolute atomic E-state index is 4.37. The van der Waals surface area contributed by atoms with Crippen molar-refractivity contribution in [1.82, 2.24) is 4.98 Å². The fraction of sp³-hybridized carbons (Fsp3) is 0.615. The van der Waals surface area contributed by atoms with Gasteiger partial charge in [0.1, 0.15) is 5.82 Å². The summed E-state index contributed by atoms with van der Waals surface area (Å²) in [6, 6.07) is 2.02. The lowest BCUT2D eigenvalue weighted by molar-refractivity contribution is 0.380. The van der Waals surface area contributed by atoms with E-state index in [1.165, 1.54) is 18.4 Å². The molecular weight excluding hydrogens is 264 g/mol. The van der Waals surface area contributed by atoms with E-state index in [1.807, 2.05) is 12.3 Å². The van der Waals surface area contributed by atoms with Gasteiger partial charge in [0.05, 0.1) is 4.47 Å². The van der Waals surface area contributed by atoms with E-state index in [4.69, 9.17) is 0 Å². The first-order valence-corrected chi connectivity index (χ1v) is 6.69. The van der Waals surface area contributed by atoms with E-state index in [9.17, 15) is 0 Å². The molecule has 1 aromatic heterocycles. The smallest absolute Gasteiger partial charge is 0.140 e. The highest BCUT2D eigenvalue weighted by Gasteiger charge is 2.45. The van der Waals surface area contributed by atoms with Crippen molar-refractivity contribution in [2.75, 3.05) is 11.9 Å². The lowest BCUT2D eigenvalue weighted by Gasteiger charge is -2.21. The number of aromatic nitrogens is 1. The molecule has 1 aliphatic carbocycles. The average Bonchev–Trinajstić information content (AvgIpc) is 3.01. The van der Waals surface area contributed by atoms with Gasteiger partial charge in [0.15, 0.2) is 0 Å². The number of anilines is 1. The number of aryl methyl sites for hydroxylation is 1. The zero-order chi connectivity index (χ0) is 11.8. The van der Waals surface area contributed by atoms with E-state index in [0.29, 0.717) is 5.41 Å². The summed E-state index contributed by atoms with van der Waals surface area (Å²) in [5.74, 6) is 1.73. The van der Waals surface area contributed by atoms with E-state index >= 15 is 0 Å². The van der Waals surface area contributed by atoms with Crippen molar-refractivity contribution < 1.29 is 0 Å². The van der Waals surface area contributed by atoms with Crippen molar-refractivity contribution >= 4 is 21.7 Å². The maximum atomic E-state index is 4.37. The molecule has 1 aromatic rings. The maximum Gasteiger partial charge on any atom is 0.140 e. The fourth-order valence-corrected chi connectivity index (χ4v) is 2.42. The number of pyridine rings is 1. The van der Waals surface area contributed by atoms with E-state index in [1.54, 1.807) is 0 Å². The molecule has 0 unspecified atom stereocenters. The van der Waals surface area contributed by atoms with Gasteiger partial charge in [-0.2, -0.15) is 0 Å². The van der Waals surface area contributed by atoms with Crippen LogP contribution >= 0.6 is 15.9 Å². The van der Waals surface area contributed by atoms with Crippen molar-refractivity contribution in [3.63, 3.8) is 0 Å². The van der Waals surface area contributed by atoms with Crippen LogP contribution < -0.4 is 5.32 Å². The van der Waals surface area contributed by atoms with E-state index in [0.717, 1.165) is 22.8 Å². The monoisotopic (exact) mass is 282 g/mol. The molecule has 0 spiro atoms. The zero-order valence-corrected chi connectivity index (χ0v) is 11.8. The molecule has 1 fully saturated rings. The second kappa shape index (κ2) is 4.36. The minimum absolute atomic E-state index is 0.519. The minimum Gasteiger partial charge on any atom is -0.369 e. The van der Waals surface area contributed by atoms with Crippen LogP contribution in [0.5, 0.6) is 0 Å². The van der Waals surface area contributed by atoms with Crippen LogP contribution in [-0.2, 0) is 0 Å². The molecule has 1 N–H and O–H groups in total. The summed E-state index contributed by atoms with van der Waals surface area (Å²) in [6.45, 7) is 7.76. The van der Waals surface area contributed by atoms with Crippen molar-refractivity contribution in [2.24, 2.45) is 11.3 Å².